The van der Waals surface area contributed by atoms with Gasteiger partial charge in [0.2, 0.25) is 0 Å². The topological polar surface area (TPSA) is 66.0 Å². The Morgan fingerprint density at radius 2 is 0.430 bits per heavy atom. The Morgan fingerprint density at radius 1 is 0.190 bits per heavy atom. The first-order chi connectivity index (χ1) is 69.8. The second-order valence-electron chi connectivity index (χ2n) is 38.2. The van der Waals surface area contributed by atoms with Gasteiger partial charge in [-0.1, -0.05) is 459 Å². The maximum atomic E-state index is 11.0. The second-order valence-corrected chi connectivity index (χ2v) is 39.1. The molecule has 1 saturated heterocycles. The lowest BCUT2D eigenvalue weighted by Crippen LogP contribution is -2.41. The van der Waals surface area contributed by atoms with Gasteiger partial charge in [-0.25, -0.2) is 0 Å². The van der Waals surface area contributed by atoms with Crippen molar-refractivity contribution in [1.82, 2.24) is 0 Å². The Bertz CT molecular complexity index is 9140. The molecule has 3 aliphatic rings. The van der Waals surface area contributed by atoms with Gasteiger partial charge >= 0.3 is 7.12 Å². The molecule has 27 rings (SSSR count). The van der Waals surface area contributed by atoms with Crippen molar-refractivity contribution in [3.05, 3.63) is 489 Å². The quantitative estimate of drug-likeness (QED) is 0.0903. The van der Waals surface area contributed by atoms with Crippen LogP contribution in [0.3, 0.4) is 0 Å². The van der Waals surface area contributed by atoms with Crippen LogP contribution in [0.2, 0.25) is 0 Å². The van der Waals surface area contributed by atoms with Crippen molar-refractivity contribution in [2.45, 2.75) is 38.9 Å². The zero-order valence-electron chi connectivity index (χ0n) is 78.7. The summed E-state index contributed by atoms with van der Waals surface area (Å²) in [5.41, 5.74) is 37.4. The number of hydrogen-bond donors (Lipinski definition) is 0. The average Bonchev–Trinajstić information content (AvgIpc) is 1.53. The Hall–Kier alpha value is -17.2. The smallest absolute Gasteiger partial charge is 0.399 e. The molecule has 2 aliphatic carbocycles. The molecule has 0 spiro atoms. The fourth-order valence-corrected chi connectivity index (χ4v) is 23.3. The predicted molar refractivity (Wildman–Crippen MR) is 601 cm³/mol. The van der Waals surface area contributed by atoms with Crippen molar-refractivity contribution in [1.29, 1.82) is 10.5 Å². The average molecular weight is 1870 g/mol. The summed E-state index contributed by atoms with van der Waals surface area (Å²) in [5, 5.41) is 40.3. The van der Waals surface area contributed by atoms with E-state index in [2.05, 4.69) is 511 Å². The lowest BCUT2D eigenvalue weighted by atomic mass is 9.75. The molecule has 0 bridgehead atoms. The van der Waals surface area contributed by atoms with Crippen molar-refractivity contribution >= 4 is 115 Å². The zero-order valence-corrected chi connectivity index (χ0v) is 80.3. The minimum atomic E-state index is -0.422. The van der Waals surface area contributed by atoms with E-state index in [9.17, 15) is 10.5 Å². The molecule has 1 aliphatic heterocycles. The monoisotopic (exact) mass is 1870 g/mol. The minimum Gasteiger partial charge on any atom is -0.399 e. The van der Waals surface area contributed by atoms with Crippen LogP contribution in [0.4, 0.5) is 0 Å². The SMILES string of the molecule is CC1(C)OB(c2ccc3c4c(cccc24)-c2c-3c(-c3ccccc3)c3ccccc3c2-c2ccccc2)OC1(C)C.N#Cc1cc(-c2ccc3c4c(cccc24)-c2c-3c(-c3ccccc3)c3ccccc3c2-c2ccccc2)ccc1-c1ccc2c(-c3ccccc3)c3ccccc3c(-c3ccccc3)c2c1.N#Cc1cc(Br)ccc1-c1ccc2c(-c3ccccc3)c3ccccc3c(-c3ccccc3)c2c1. The summed E-state index contributed by atoms with van der Waals surface area (Å²) in [6, 6.07) is 175. The van der Waals surface area contributed by atoms with E-state index in [0.29, 0.717) is 11.1 Å². The molecule has 0 N–H and O–H groups in total. The number of benzene rings is 24. The lowest BCUT2D eigenvalue weighted by Gasteiger charge is -2.32. The van der Waals surface area contributed by atoms with E-state index in [1.165, 1.54) is 214 Å². The standard InChI is InChI=1S/C65H39N.C38H31BO2.C33H20BrN/c66-40-47-38-45(32-34-48(47)46-33-35-55-58(39-46)60(42-20-7-2-8-21-42)52-27-14-13-26-51(52)59(55)41-18-5-1-6-19-41)49-36-37-57-63-50(49)30-17-31-56(63)64-61(43-22-9-3-10-23-43)53-28-15-16-29-54(53)62(65(57)64)44-24-11-4-12-25-44;1-37(2)38(3,4)41-39(40-37)31-23-22-30-34-28(31)20-13-21-29(34)35-32(24-14-7-5-8-15-24)26-18-11-12-19-27(26)33(36(30)35)25-16-9-6-10-17-25;34-26-16-18-27(25(19-26)21-35)24-15-17-30-31(20-24)33(23-11-5-2-6-12-23)29-14-8-7-13-28(29)32(30)22-9-3-1-4-10-22/h1-39H;5-23H,1-4H3;1-20H. The van der Waals surface area contributed by atoms with Crippen LogP contribution in [0.15, 0.2) is 478 Å². The summed E-state index contributed by atoms with van der Waals surface area (Å²) in [5.74, 6) is 0. The van der Waals surface area contributed by atoms with Crippen molar-refractivity contribution in [3.63, 3.8) is 0 Å². The number of fused-ring (bicyclic) bond motifs is 12. The normalized spacial score (nSPS) is 12.9. The highest BCUT2D eigenvalue weighted by Crippen LogP contribution is 2.62. The van der Waals surface area contributed by atoms with Gasteiger partial charge < -0.3 is 9.31 Å². The van der Waals surface area contributed by atoms with Gasteiger partial charge in [0.15, 0.2) is 0 Å². The van der Waals surface area contributed by atoms with Crippen LogP contribution in [-0.2, 0) is 9.31 Å². The first-order valence-corrected chi connectivity index (χ1v) is 49.5. The van der Waals surface area contributed by atoms with E-state index in [-0.39, 0.29) is 0 Å². The minimum absolute atomic E-state index is 0.401. The summed E-state index contributed by atoms with van der Waals surface area (Å²) in [6.45, 7) is 8.47. The molecule has 0 aromatic heterocycles. The highest BCUT2D eigenvalue weighted by molar-refractivity contribution is 9.10. The summed E-state index contributed by atoms with van der Waals surface area (Å²) in [7, 11) is -0.422. The van der Waals surface area contributed by atoms with E-state index in [1.807, 2.05) is 18.2 Å². The van der Waals surface area contributed by atoms with Gasteiger partial charge in [-0.05, 0) is 317 Å². The van der Waals surface area contributed by atoms with Gasteiger partial charge in [-0.2, -0.15) is 10.5 Å². The molecule has 666 valence electrons. The van der Waals surface area contributed by atoms with Gasteiger partial charge in [0.1, 0.15) is 0 Å². The fraction of sp³-hybridized carbons (Fsp3) is 0.0441. The third-order valence-corrected chi connectivity index (χ3v) is 30.3. The van der Waals surface area contributed by atoms with Crippen LogP contribution in [0.1, 0.15) is 38.8 Å². The van der Waals surface area contributed by atoms with E-state index in [1.54, 1.807) is 0 Å². The lowest BCUT2D eigenvalue weighted by molar-refractivity contribution is 0.00578. The third kappa shape index (κ3) is 14.4. The highest BCUT2D eigenvalue weighted by atomic mass is 79.9. The van der Waals surface area contributed by atoms with Crippen LogP contribution < -0.4 is 5.46 Å². The van der Waals surface area contributed by atoms with Crippen molar-refractivity contribution in [2.24, 2.45) is 0 Å². The molecule has 6 heteroatoms. The van der Waals surface area contributed by atoms with Crippen LogP contribution in [-0.4, -0.2) is 18.3 Å². The van der Waals surface area contributed by atoms with Gasteiger partial charge in [0, 0.05) is 4.47 Å². The number of nitriles is 2. The van der Waals surface area contributed by atoms with E-state index in [0.717, 1.165) is 48.7 Å². The Kier molecular flexibility index (Phi) is 21.5. The van der Waals surface area contributed by atoms with Gasteiger partial charge in [-0.3, -0.25) is 0 Å². The summed E-state index contributed by atoms with van der Waals surface area (Å²) in [4.78, 5) is 0. The van der Waals surface area contributed by atoms with Gasteiger partial charge in [0.25, 0.3) is 0 Å². The molecule has 142 heavy (non-hydrogen) atoms. The molecule has 24 aromatic rings. The van der Waals surface area contributed by atoms with Crippen LogP contribution >= 0.6 is 15.9 Å². The molecule has 0 atom stereocenters. The predicted octanol–water partition coefficient (Wildman–Crippen LogP) is 36.7. The molecule has 0 amide bonds. The number of hydrogen-bond acceptors (Lipinski definition) is 4. The molecule has 0 saturated carbocycles. The Balaban J connectivity index is 0.000000120. The molecule has 1 heterocycles. The number of nitrogens with zero attached hydrogens (tertiary/aromatic N) is 2. The van der Waals surface area contributed by atoms with Crippen molar-refractivity contribution in [3.8, 4) is 179 Å². The number of rotatable bonds is 12. The van der Waals surface area contributed by atoms with E-state index < -0.39 is 18.3 Å². The maximum absolute atomic E-state index is 11.0. The Morgan fingerprint density at radius 3 is 0.775 bits per heavy atom. The third-order valence-electron chi connectivity index (χ3n) is 29.9. The first kappa shape index (κ1) is 86.4. The van der Waals surface area contributed by atoms with Crippen molar-refractivity contribution in [2.75, 3.05) is 0 Å². The first-order valence-electron chi connectivity index (χ1n) is 48.7. The van der Waals surface area contributed by atoms with Crippen LogP contribution in [0, 0.1) is 22.7 Å². The Labute approximate surface area is 834 Å². The second kappa shape index (κ2) is 35.4. The summed E-state index contributed by atoms with van der Waals surface area (Å²) < 4.78 is 14.0. The van der Waals surface area contributed by atoms with Gasteiger partial charge in [-0.15, -0.1) is 0 Å². The molecule has 4 nitrogen and oxygen atoms in total. The van der Waals surface area contributed by atoms with E-state index >= 15 is 0 Å². The van der Waals surface area contributed by atoms with Crippen LogP contribution in [0.5, 0.6) is 0 Å². The molecular weight excluding hydrogens is 1780 g/mol. The molecular formula is C136H90BBrN2O2. The van der Waals surface area contributed by atoms with Crippen molar-refractivity contribution < 1.29 is 9.31 Å². The summed E-state index contributed by atoms with van der Waals surface area (Å²) >= 11 is 3.50. The molecule has 0 unspecified atom stereocenters. The highest BCUT2D eigenvalue weighted by Gasteiger charge is 2.52. The molecule has 1 fully saturated rings. The molecule has 0 radical (unpaired) electrons. The summed E-state index contributed by atoms with van der Waals surface area (Å²) in [6.07, 6.45) is 0. The largest absolute Gasteiger partial charge is 0.495 e. The molecule has 24 aromatic carbocycles. The zero-order chi connectivity index (χ0) is 95.4. The fourth-order valence-electron chi connectivity index (χ4n) is 22.9. The van der Waals surface area contributed by atoms with E-state index in [4.69, 9.17) is 9.31 Å². The van der Waals surface area contributed by atoms with Gasteiger partial charge in [0.05, 0.1) is 34.5 Å². The number of halogens is 1. The maximum Gasteiger partial charge on any atom is 0.495 e. The van der Waals surface area contributed by atoms with Crippen LogP contribution in [0.25, 0.3) is 253 Å².